The Hall–Kier alpha value is -2.60. The van der Waals surface area contributed by atoms with Crippen LogP contribution in [-0.4, -0.2) is 9.55 Å². The number of aryl methyl sites for hydroxylation is 1. The molecule has 3 rings (SSSR count). The zero-order chi connectivity index (χ0) is 12.5. The predicted octanol–water partition coefficient (Wildman–Crippen LogP) is 3.21. The SMILES string of the molecule is Cc1nc2ccccc2n1-c1ccccc1C#N. The molecule has 86 valence electrons. The summed E-state index contributed by atoms with van der Waals surface area (Å²) in [5, 5.41) is 9.20. The van der Waals surface area contributed by atoms with Crippen molar-refractivity contribution in [3.8, 4) is 11.8 Å². The number of fused-ring (bicyclic) bond motifs is 1. The zero-order valence-electron chi connectivity index (χ0n) is 9.96. The summed E-state index contributed by atoms with van der Waals surface area (Å²) in [5.74, 6) is 0.888. The second kappa shape index (κ2) is 4.01. The van der Waals surface area contributed by atoms with Gasteiger partial charge in [0.25, 0.3) is 0 Å². The largest absolute Gasteiger partial charge is 0.295 e. The number of imidazole rings is 1. The number of hydrogen-bond acceptors (Lipinski definition) is 2. The van der Waals surface area contributed by atoms with E-state index in [4.69, 9.17) is 0 Å². The van der Waals surface area contributed by atoms with Crippen LogP contribution in [-0.2, 0) is 0 Å². The molecule has 0 spiro atoms. The van der Waals surface area contributed by atoms with E-state index in [9.17, 15) is 5.26 Å². The monoisotopic (exact) mass is 233 g/mol. The summed E-state index contributed by atoms with van der Waals surface area (Å²) in [6.07, 6.45) is 0. The van der Waals surface area contributed by atoms with Crippen molar-refractivity contribution in [3.05, 3.63) is 59.9 Å². The van der Waals surface area contributed by atoms with Crippen molar-refractivity contribution in [2.45, 2.75) is 6.92 Å². The first-order valence-corrected chi connectivity index (χ1v) is 5.75. The summed E-state index contributed by atoms with van der Waals surface area (Å²) in [7, 11) is 0. The highest BCUT2D eigenvalue weighted by molar-refractivity contribution is 5.78. The van der Waals surface area contributed by atoms with Crippen LogP contribution in [0.3, 0.4) is 0 Å². The lowest BCUT2D eigenvalue weighted by Crippen LogP contribution is -1.99. The van der Waals surface area contributed by atoms with Crippen LogP contribution in [0.15, 0.2) is 48.5 Å². The normalized spacial score (nSPS) is 10.4. The van der Waals surface area contributed by atoms with E-state index in [-0.39, 0.29) is 0 Å². The molecule has 0 atom stereocenters. The average Bonchev–Trinajstić information content (AvgIpc) is 2.74. The fourth-order valence-electron chi connectivity index (χ4n) is 2.21. The molecule has 0 saturated heterocycles. The molecule has 0 aliphatic rings. The van der Waals surface area contributed by atoms with Crippen molar-refractivity contribution < 1.29 is 0 Å². The molecule has 0 amide bonds. The molecule has 0 saturated carbocycles. The van der Waals surface area contributed by atoms with Crippen LogP contribution in [0.1, 0.15) is 11.4 Å². The van der Waals surface area contributed by atoms with Crippen LogP contribution in [0, 0.1) is 18.3 Å². The first-order valence-electron chi connectivity index (χ1n) is 5.75. The third-order valence-corrected chi connectivity index (χ3v) is 2.99. The highest BCUT2D eigenvalue weighted by atomic mass is 15.1. The number of nitrogens with zero attached hydrogens (tertiary/aromatic N) is 3. The van der Waals surface area contributed by atoms with Crippen molar-refractivity contribution in [2.24, 2.45) is 0 Å². The number of benzene rings is 2. The molecule has 0 aliphatic carbocycles. The Kier molecular flexibility index (Phi) is 2.35. The molecule has 0 fully saturated rings. The summed E-state index contributed by atoms with van der Waals surface area (Å²) in [5.41, 5.74) is 3.51. The van der Waals surface area contributed by atoms with Crippen molar-refractivity contribution in [1.29, 1.82) is 5.26 Å². The van der Waals surface area contributed by atoms with E-state index >= 15 is 0 Å². The molecule has 0 aliphatic heterocycles. The molecule has 1 aromatic heterocycles. The molecule has 18 heavy (non-hydrogen) atoms. The quantitative estimate of drug-likeness (QED) is 0.647. The highest BCUT2D eigenvalue weighted by Crippen LogP contribution is 2.23. The first kappa shape index (κ1) is 10.5. The van der Waals surface area contributed by atoms with Gasteiger partial charge in [0, 0.05) is 0 Å². The van der Waals surface area contributed by atoms with Crippen LogP contribution < -0.4 is 0 Å². The van der Waals surface area contributed by atoms with Gasteiger partial charge in [0.2, 0.25) is 0 Å². The van der Waals surface area contributed by atoms with Crippen LogP contribution in [0.2, 0.25) is 0 Å². The maximum atomic E-state index is 9.20. The van der Waals surface area contributed by atoms with Gasteiger partial charge in [-0.25, -0.2) is 4.98 Å². The Morgan fingerprint density at radius 3 is 2.61 bits per heavy atom. The number of aromatic nitrogens is 2. The van der Waals surface area contributed by atoms with E-state index < -0.39 is 0 Å². The van der Waals surface area contributed by atoms with E-state index in [2.05, 4.69) is 11.1 Å². The van der Waals surface area contributed by atoms with Gasteiger partial charge in [0.1, 0.15) is 11.9 Å². The Morgan fingerprint density at radius 2 is 1.78 bits per heavy atom. The Morgan fingerprint density at radius 1 is 1.06 bits per heavy atom. The number of para-hydroxylation sites is 3. The number of rotatable bonds is 1. The molecule has 2 aromatic carbocycles. The maximum Gasteiger partial charge on any atom is 0.111 e. The fraction of sp³-hybridized carbons (Fsp3) is 0.0667. The van der Waals surface area contributed by atoms with Crippen LogP contribution in [0.5, 0.6) is 0 Å². The molecule has 1 heterocycles. The fourth-order valence-corrected chi connectivity index (χ4v) is 2.21. The lowest BCUT2D eigenvalue weighted by Gasteiger charge is -2.08. The number of nitriles is 1. The van der Waals surface area contributed by atoms with Crippen LogP contribution in [0.25, 0.3) is 16.7 Å². The van der Waals surface area contributed by atoms with Gasteiger partial charge in [0.05, 0.1) is 22.3 Å². The van der Waals surface area contributed by atoms with Gasteiger partial charge < -0.3 is 0 Å². The minimum atomic E-state index is 0.656. The molecular weight excluding hydrogens is 222 g/mol. The van der Waals surface area contributed by atoms with E-state index in [1.807, 2.05) is 60.0 Å². The van der Waals surface area contributed by atoms with Gasteiger partial charge in [-0.2, -0.15) is 5.26 Å². The average molecular weight is 233 g/mol. The minimum Gasteiger partial charge on any atom is -0.295 e. The van der Waals surface area contributed by atoms with Crippen molar-refractivity contribution >= 4 is 11.0 Å². The Labute approximate surface area is 105 Å². The summed E-state index contributed by atoms with van der Waals surface area (Å²) in [4.78, 5) is 4.52. The third kappa shape index (κ3) is 1.47. The third-order valence-electron chi connectivity index (χ3n) is 2.99. The lowest BCUT2D eigenvalue weighted by atomic mass is 10.2. The second-order valence-electron chi connectivity index (χ2n) is 4.11. The van der Waals surface area contributed by atoms with Gasteiger partial charge in [-0.05, 0) is 31.2 Å². The highest BCUT2D eigenvalue weighted by Gasteiger charge is 2.11. The van der Waals surface area contributed by atoms with E-state index in [0.717, 1.165) is 22.5 Å². The molecule has 3 aromatic rings. The Balaban J connectivity index is 2.39. The van der Waals surface area contributed by atoms with Crippen LogP contribution >= 0.6 is 0 Å². The molecule has 0 N–H and O–H groups in total. The molecular formula is C15H11N3. The van der Waals surface area contributed by atoms with Gasteiger partial charge in [-0.1, -0.05) is 24.3 Å². The number of hydrogen-bond donors (Lipinski definition) is 0. The van der Waals surface area contributed by atoms with Crippen molar-refractivity contribution in [3.63, 3.8) is 0 Å². The standard InChI is InChI=1S/C15H11N3/c1-11-17-13-7-3-5-9-15(13)18(11)14-8-4-2-6-12(14)10-16/h2-9H,1H3. The summed E-state index contributed by atoms with van der Waals surface area (Å²) < 4.78 is 2.02. The molecule has 0 unspecified atom stereocenters. The lowest BCUT2D eigenvalue weighted by molar-refractivity contribution is 0.997. The predicted molar refractivity (Wildman–Crippen MR) is 70.5 cm³/mol. The van der Waals surface area contributed by atoms with Gasteiger partial charge >= 0.3 is 0 Å². The summed E-state index contributed by atoms with van der Waals surface area (Å²) in [6, 6.07) is 17.7. The van der Waals surface area contributed by atoms with Gasteiger partial charge in [-0.3, -0.25) is 4.57 Å². The molecule has 0 bridgehead atoms. The zero-order valence-corrected chi connectivity index (χ0v) is 9.96. The topological polar surface area (TPSA) is 41.6 Å². The van der Waals surface area contributed by atoms with Gasteiger partial charge in [-0.15, -0.1) is 0 Å². The van der Waals surface area contributed by atoms with E-state index in [1.54, 1.807) is 0 Å². The van der Waals surface area contributed by atoms with E-state index in [0.29, 0.717) is 5.56 Å². The smallest absolute Gasteiger partial charge is 0.111 e. The van der Waals surface area contributed by atoms with Crippen LogP contribution in [0.4, 0.5) is 0 Å². The first-order chi connectivity index (χ1) is 8.81. The second-order valence-corrected chi connectivity index (χ2v) is 4.11. The molecule has 3 heteroatoms. The Bertz CT molecular complexity index is 763. The van der Waals surface area contributed by atoms with Gasteiger partial charge in [0.15, 0.2) is 0 Å². The van der Waals surface area contributed by atoms with Crippen molar-refractivity contribution in [1.82, 2.24) is 9.55 Å². The van der Waals surface area contributed by atoms with Crippen molar-refractivity contribution in [2.75, 3.05) is 0 Å². The minimum absolute atomic E-state index is 0.656. The summed E-state index contributed by atoms with van der Waals surface area (Å²) >= 11 is 0. The van der Waals surface area contributed by atoms with E-state index in [1.165, 1.54) is 0 Å². The summed E-state index contributed by atoms with van der Waals surface area (Å²) in [6.45, 7) is 1.95. The molecule has 3 nitrogen and oxygen atoms in total. The maximum absolute atomic E-state index is 9.20. The molecule has 0 radical (unpaired) electrons.